The van der Waals surface area contributed by atoms with Crippen LogP contribution in [0.3, 0.4) is 0 Å². The van der Waals surface area contributed by atoms with Crippen molar-refractivity contribution in [3.63, 3.8) is 0 Å². The third kappa shape index (κ3) is 4.82. The number of hydrogen-bond acceptors (Lipinski definition) is 3. The number of hydrogen-bond donors (Lipinski definition) is 1. The van der Waals surface area contributed by atoms with E-state index in [-0.39, 0.29) is 24.8 Å². The highest BCUT2D eigenvalue weighted by atomic mass is 35.5. The van der Waals surface area contributed by atoms with E-state index in [0.29, 0.717) is 6.04 Å². The van der Waals surface area contributed by atoms with Gasteiger partial charge in [0, 0.05) is 51.0 Å². The average Bonchev–Trinajstić information content (AvgIpc) is 3.31. The van der Waals surface area contributed by atoms with Crippen molar-refractivity contribution in [2.24, 2.45) is 5.92 Å². The molecule has 2 heterocycles. The van der Waals surface area contributed by atoms with E-state index in [1.54, 1.807) is 5.56 Å². The maximum atomic E-state index is 3.51. The van der Waals surface area contributed by atoms with Crippen LogP contribution < -0.4 is 10.2 Å². The Kier molecular flexibility index (Phi) is 8.34. The summed E-state index contributed by atoms with van der Waals surface area (Å²) in [7, 11) is 0. The number of rotatable bonds is 4. The molecular formula is C20H33Cl2N3. The summed E-state index contributed by atoms with van der Waals surface area (Å²) in [5.41, 5.74) is 2.98. The molecule has 0 amide bonds. The van der Waals surface area contributed by atoms with Crippen LogP contribution in [-0.2, 0) is 0 Å². The van der Waals surface area contributed by atoms with Crippen LogP contribution in [0.4, 0.5) is 5.69 Å². The van der Waals surface area contributed by atoms with Gasteiger partial charge in [-0.25, -0.2) is 0 Å². The van der Waals surface area contributed by atoms with Crippen molar-refractivity contribution in [1.82, 2.24) is 10.2 Å². The molecule has 3 fully saturated rings. The summed E-state index contributed by atoms with van der Waals surface area (Å²) in [6, 6.07) is 10.3. The van der Waals surface area contributed by atoms with E-state index < -0.39 is 0 Å². The molecule has 0 spiro atoms. The minimum absolute atomic E-state index is 0. The average molecular weight is 386 g/mol. The molecule has 1 aliphatic carbocycles. The van der Waals surface area contributed by atoms with Gasteiger partial charge in [-0.3, -0.25) is 4.90 Å². The Hall–Kier alpha value is -0.480. The highest BCUT2D eigenvalue weighted by Crippen LogP contribution is 2.40. The summed E-state index contributed by atoms with van der Waals surface area (Å²) >= 11 is 0. The van der Waals surface area contributed by atoms with Gasteiger partial charge in [0.25, 0.3) is 0 Å². The van der Waals surface area contributed by atoms with Crippen molar-refractivity contribution >= 4 is 30.5 Å². The Morgan fingerprint density at radius 3 is 2.00 bits per heavy atom. The van der Waals surface area contributed by atoms with Gasteiger partial charge >= 0.3 is 0 Å². The standard InChI is InChI=1S/C20H31N3.2ClH/c1-2-6-17(5-1)20(23-15-11-21-12-16-23)18-7-9-19(10-8-18)22-13-3-4-14-22;;/h7-10,17,20-21H,1-6,11-16H2;2*1H/t20-;;/m1../s1. The van der Waals surface area contributed by atoms with Crippen molar-refractivity contribution in [1.29, 1.82) is 0 Å². The molecule has 1 saturated carbocycles. The summed E-state index contributed by atoms with van der Waals surface area (Å²) in [5.74, 6) is 0.866. The number of halogens is 2. The quantitative estimate of drug-likeness (QED) is 0.834. The first-order valence-electron chi connectivity index (χ1n) is 9.71. The first-order chi connectivity index (χ1) is 11.4. The zero-order valence-electron chi connectivity index (χ0n) is 15.2. The maximum absolute atomic E-state index is 3.51. The maximum Gasteiger partial charge on any atom is 0.0377 e. The summed E-state index contributed by atoms with van der Waals surface area (Å²) in [5, 5.41) is 3.51. The first kappa shape index (κ1) is 20.8. The number of nitrogens with zero attached hydrogens (tertiary/aromatic N) is 2. The first-order valence-corrected chi connectivity index (χ1v) is 9.71. The smallest absolute Gasteiger partial charge is 0.0377 e. The Labute approximate surface area is 165 Å². The minimum Gasteiger partial charge on any atom is -0.372 e. The van der Waals surface area contributed by atoms with E-state index in [9.17, 15) is 0 Å². The molecule has 1 aromatic carbocycles. The van der Waals surface area contributed by atoms with E-state index in [4.69, 9.17) is 0 Å². The molecule has 0 unspecified atom stereocenters. The second-order valence-corrected chi connectivity index (χ2v) is 7.56. The molecule has 3 nitrogen and oxygen atoms in total. The van der Waals surface area contributed by atoms with E-state index in [2.05, 4.69) is 39.4 Å². The summed E-state index contributed by atoms with van der Waals surface area (Å²) < 4.78 is 0. The van der Waals surface area contributed by atoms with Crippen LogP contribution in [0.1, 0.15) is 50.1 Å². The SMILES string of the molecule is Cl.Cl.c1cc(N2CCCC2)ccc1[C@@H](C1CCCC1)N1CCNCC1. The van der Waals surface area contributed by atoms with Crippen molar-refractivity contribution in [3.8, 4) is 0 Å². The van der Waals surface area contributed by atoms with E-state index >= 15 is 0 Å². The van der Waals surface area contributed by atoms with Crippen LogP contribution in [0.15, 0.2) is 24.3 Å². The normalized spacial score (nSPS) is 23.1. The van der Waals surface area contributed by atoms with Gasteiger partial charge in [0.15, 0.2) is 0 Å². The molecule has 0 aromatic heterocycles. The van der Waals surface area contributed by atoms with Gasteiger partial charge in [0.1, 0.15) is 0 Å². The van der Waals surface area contributed by atoms with Gasteiger partial charge in [-0.1, -0.05) is 25.0 Å². The molecule has 142 valence electrons. The van der Waals surface area contributed by atoms with E-state index in [1.807, 2.05) is 0 Å². The summed E-state index contributed by atoms with van der Waals surface area (Å²) in [4.78, 5) is 5.29. The fourth-order valence-electron chi connectivity index (χ4n) is 4.87. The molecule has 3 aliphatic rings. The fraction of sp³-hybridized carbons (Fsp3) is 0.700. The Bertz CT molecular complexity index is 490. The molecule has 5 heteroatoms. The van der Waals surface area contributed by atoms with Crippen molar-refractivity contribution in [2.75, 3.05) is 44.2 Å². The Balaban J connectivity index is 0.00000113. The monoisotopic (exact) mass is 385 g/mol. The number of anilines is 1. The van der Waals surface area contributed by atoms with Crippen LogP contribution in [0, 0.1) is 5.92 Å². The fourth-order valence-corrected chi connectivity index (χ4v) is 4.87. The highest BCUT2D eigenvalue weighted by molar-refractivity contribution is 5.85. The van der Waals surface area contributed by atoms with Gasteiger partial charge in [0.05, 0.1) is 0 Å². The van der Waals surface area contributed by atoms with Crippen LogP contribution >= 0.6 is 24.8 Å². The Morgan fingerprint density at radius 1 is 0.800 bits per heavy atom. The third-order valence-corrected chi connectivity index (χ3v) is 6.10. The van der Waals surface area contributed by atoms with Crippen molar-refractivity contribution < 1.29 is 0 Å². The largest absolute Gasteiger partial charge is 0.372 e. The molecule has 1 aromatic rings. The van der Waals surface area contributed by atoms with E-state index in [1.165, 1.54) is 70.4 Å². The van der Waals surface area contributed by atoms with Crippen LogP contribution in [0.2, 0.25) is 0 Å². The molecule has 4 rings (SSSR count). The Morgan fingerprint density at radius 2 is 1.40 bits per heavy atom. The number of piperazine rings is 1. The molecule has 1 atom stereocenters. The lowest BCUT2D eigenvalue weighted by molar-refractivity contribution is 0.125. The lowest BCUT2D eigenvalue weighted by Gasteiger charge is -2.39. The van der Waals surface area contributed by atoms with Crippen LogP contribution in [0.25, 0.3) is 0 Å². The zero-order valence-corrected chi connectivity index (χ0v) is 16.8. The topological polar surface area (TPSA) is 18.5 Å². The van der Waals surface area contributed by atoms with Crippen LogP contribution in [0.5, 0.6) is 0 Å². The van der Waals surface area contributed by atoms with Gasteiger partial charge in [-0.05, 0) is 49.3 Å². The van der Waals surface area contributed by atoms with Gasteiger partial charge < -0.3 is 10.2 Å². The summed E-state index contributed by atoms with van der Waals surface area (Å²) in [6.07, 6.45) is 8.41. The highest BCUT2D eigenvalue weighted by Gasteiger charge is 2.31. The van der Waals surface area contributed by atoms with Gasteiger partial charge in [-0.2, -0.15) is 0 Å². The predicted octanol–water partition coefficient (Wildman–Crippen LogP) is 4.27. The van der Waals surface area contributed by atoms with Crippen molar-refractivity contribution in [3.05, 3.63) is 29.8 Å². The zero-order chi connectivity index (χ0) is 15.5. The molecule has 2 aliphatic heterocycles. The second kappa shape index (κ2) is 10.0. The minimum atomic E-state index is 0. The van der Waals surface area contributed by atoms with Gasteiger partial charge in [-0.15, -0.1) is 24.8 Å². The molecule has 0 bridgehead atoms. The summed E-state index contributed by atoms with van der Waals surface area (Å²) in [6.45, 7) is 7.18. The second-order valence-electron chi connectivity index (χ2n) is 7.56. The predicted molar refractivity (Wildman–Crippen MR) is 112 cm³/mol. The number of nitrogens with one attached hydrogen (secondary N) is 1. The lowest BCUT2D eigenvalue weighted by atomic mass is 9.89. The molecule has 0 radical (unpaired) electrons. The molecular weight excluding hydrogens is 353 g/mol. The molecule has 2 saturated heterocycles. The van der Waals surface area contributed by atoms with E-state index in [0.717, 1.165) is 19.0 Å². The third-order valence-electron chi connectivity index (χ3n) is 6.10. The van der Waals surface area contributed by atoms with Crippen molar-refractivity contribution in [2.45, 2.75) is 44.6 Å². The van der Waals surface area contributed by atoms with Crippen LogP contribution in [-0.4, -0.2) is 44.2 Å². The molecule has 25 heavy (non-hydrogen) atoms. The lowest BCUT2D eigenvalue weighted by Crippen LogP contribution is -2.46. The number of benzene rings is 1. The molecule has 1 N–H and O–H groups in total. The van der Waals surface area contributed by atoms with Gasteiger partial charge in [0.2, 0.25) is 0 Å².